The Labute approximate surface area is 227 Å². The minimum absolute atomic E-state index is 0.0634. The summed E-state index contributed by atoms with van der Waals surface area (Å²) in [4.78, 5) is 55.8. The van der Waals surface area contributed by atoms with E-state index in [9.17, 15) is 19.2 Å². The minimum Gasteiger partial charge on any atom is -0.468 e. The SMILES string of the molecule is COC(=O)C12C(=O)C=C(C3CCCC4=C3C(=O)C3(C(=O)OC)C(C)CCC3(C)C4C)C(C)C1(C)CCC2C. The lowest BCUT2D eigenvalue weighted by atomic mass is 9.46. The molecule has 2 saturated carbocycles. The minimum atomic E-state index is -1.21. The van der Waals surface area contributed by atoms with Gasteiger partial charge in [-0.1, -0.05) is 52.7 Å². The van der Waals surface area contributed by atoms with Crippen LogP contribution in [0.5, 0.6) is 0 Å². The van der Waals surface area contributed by atoms with Gasteiger partial charge >= 0.3 is 11.9 Å². The number of ketones is 2. The number of hydrogen-bond acceptors (Lipinski definition) is 6. The lowest BCUT2D eigenvalue weighted by Crippen LogP contribution is -2.60. The largest absolute Gasteiger partial charge is 0.468 e. The monoisotopic (exact) mass is 524 g/mol. The second-order valence-electron chi connectivity index (χ2n) is 13.5. The van der Waals surface area contributed by atoms with E-state index in [-0.39, 0.29) is 41.2 Å². The van der Waals surface area contributed by atoms with Crippen LogP contribution in [0.15, 0.2) is 22.8 Å². The highest BCUT2D eigenvalue weighted by molar-refractivity contribution is 6.16. The zero-order valence-corrected chi connectivity index (χ0v) is 24.4. The first kappa shape index (κ1) is 27.3. The van der Waals surface area contributed by atoms with Gasteiger partial charge < -0.3 is 9.47 Å². The summed E-state index contributed by atoms with van der Waals surface area (Å²) >= 11 is 0. The summed E-state index contributed by atoms with van der Waals surface area (Å²) in [6, 6.07) is 0. The van der Waals surface area contributed by atoms with Gasteiger partial charge in [-0.25, -0.2) is 0 Å². The van der Waals surface area contributed by atoms with Crippen molar-refractivity contribution in [2.75, 3.05) is 14.2 Å². The van der Waals surface area contributed by atoms with Crippen molar-refractivity contribution in [1.82, 2.24) is 0 Å². The zero-order chi connectivity index (χ0) is 28.0. The molecule has 5 aliphatic rings. The number of fused-ring (bicyclic) bond motifs is 2. The first-order chi connectivity index (χ1) is 17.8. The Hall–Kier alpha value is -2.24. The van der Waals surface area contributed by atoms with E-state index in [0.29, 0.717) is 0 Å². The maximum absolute atomic E-state index is 14.8. The number of esters is 2. The van der Waals surface area contributed by atoms with E-state index in [1.165, 1.54) is 14.2 Å². The molecule has 5 rings (SSSR count). The molecule has 0 saturated heterocycles. The van der Waals surface area contributed by atoms with E-state index in [0.717, 1.165) is 61.7 Å². The lowest BCUT2D eigenvalue weighted by Gasteiger charge is -2.55. The van der Waals surface area contributed by atoms with Gasteiger partial charge in [0.05, 0.1) is 14.2 Å². The normalized spacial score (nSPS) is 46.2. The summed E-state index contributed by atoms with van der Waals surface area (Å²) in [6.07, 6.45) is 7.38. The molecule has 9 unspecified atom stereocenters. The van der Waals surface area contributed by atoms with Gasteiger partial charge in [0.25, 0.3) is 0 Å². The van der Waals surface area contributed by atoms with Gasteiger partial charge in [0.1, 0.15) is 10.8 Å². The molecule has 0 aromatic rings. The molecule has 6 nitrogen and oxygen atoms in total. The van der Waals surface area contributed by atoms with Crippen molar-refractivity contribution in [3.05, 3.63) is 22.8 Å². The highest BCUT2D eigenvalue weighted by Crippen LogP contribution is 2.69. The zero-order valence-electron chi connectivity index (χ0n) is 24.4. The van der Waals surface area contributed by atoms with Crippen LogP contribution < -0.4 is 0 Å². The molecule has 0 spiro atoms. The topological polar surface area (TPSA) is 86.7 Å². The van der Waals surface area contributed by atoms with E-state index >= 15 is 0 Å². The van der Waals surface area contributed by atoms with E-state index < -0.39 is 33.6 Å². The van der Waals surface area contributed by atoms with Crippen LogP contribution in [0.1, 0.15) is 86.5 Å². The molecule has 0 aromatic carbocycles. The standard InChI is InChI=1S/C32H44O6/c1-17-12-14-29(5)20(4)23(16-24(33)31(17,29)27(35)37-7)22-11-9-10-21-19(3)30(6)15-13-18(2)32(30,28(36)38-8)26(34)25(21)22/h16-20,22H,9-15H2,1-8H3. The second-order valence-corrected chi connectivity index (χ2v) is 13.5. The summed E-state index contributed by atoms with van der Waals surface area (Å²) < 4.78 is 10.6. The van der Waals surface area contributed by atoms with Gasteiger partial charge in [0, 0.05) is 11.5 Å². The van der Waals surface area contributed by atoms with Crippen molar-refractivity contribution in [2.24, 2.45) is 51.2 Å². The van der Waals surface area contributed by atoms with Crippen LogP contribution in [0.2, 0.25) is 0 Å². The van der Waals surface area contributed by atoms with Crippen molar-refractivity contribution in [1.29, 1.82) is 0 Å². The highest BCUT2D eigenvalue weighted by Gasteiger charge is 2.73. The van der Waals surface area contributed by atoms with Crippen molar-refractivity contribution < 1.29 is 28.7 Å². The molecule has 0 aliphatic heterocycles. The van der Waals surface area contributed by atoms with Crippen LogP contribution in [0, 0.1) is 51.2 Å². The number of methoxy groups -OCH3 is 2. The van der Waals surface area contributed by atoms with Crippen molar-refractivity contribution in [3.8, 4) is 0 Å². The van der Waals surface area contributed by atoms with Gasteiger partial charge in [-0.3, -0.25) is 19.2 Å². The molecule has 6 heteroatoms. The molecule has 2 fully saturated rings. The van der Waals surface area contributed by atoms with E-state index in [1.807, 2.05) is 13.8 Å². The Morgan fingerprint density at radius 2 is 1.34 bits per heavy atom. The second kappa shape index (κ2) is 8.63. The Kier molecular flexibility index (Phi) is 6.21. The third kappa shape index (κ3) is 2.80. The number of carbonyl (C=O) groups is 4. The fourth-order valence-electron chi connectivity index (χ4n) is 10.3. The summed E-state index contributed by atoms with van der Waals surface area (Å²) in [6.45, 7) is 12.5. The molecule has 0 N–H and O–H groups in total. The number of rotatable bonds is 3. The molecular weight excluding hydrogens is 480 g/mol. The van der Waals surface area contributed by atoms with E-state index in [2.05, 4.69) is 27.7 Å². The van der Waals surface area contributed by atoms with Crippen LogP contribution in [0.3, 0.4) is 0 Å². The van der Waals surface area contributed by atoms with Gasteiger partial charge in [0.15, 0.2) is 11.6 Å². The number of Topliss-reactive ketones (excluding diaryl/α,β-unsaturated/α-hetero) is 1. The van der Waals surface area contributed by atoms with Crippen molar-refractivity contribution >= 4 is 23.5 Å². The highest BCUT2D eigenvalue weighted by atomic mass is 16.5. The average Bonchev–Trinajstić information content (AvgIpc) is 3.35. The van der Waals surface area contributed by atoms with Gasteiger partial charge in [0.2, 0.25) is 0 Å². The molecule has 9 atom stereocenters. The van der Waals surface area contributed by atoms with Gasteiger partial charge in [-0.05, 0) is 85.5 Å². The quantitative estimate of drug-likeness (QED) is 0.351. The van der Waals surface area contributed by atoms with Crippen molar-refractivity contribution in [2.45, 2.75) is 86.5 Å². The first-order valence-electron chi connectivity index (χ1n) is 14.5. The lowest BCUT2D eigenvalue weighted by molar-refractivity contribution is -0.173. The maximum atomic E-state index is 14.8. The smallest absolute Gasteiger partial charge is 0.320 e. The van der Waals surface area contributed by atoms with Crippen LogP contribution in [-0.2, 0) is 28.7 Å². The number of carbonyl (C=O) groups excluding carboxylic acids is 4. The predicted octanol–water partition coefficient (Wildman–Crippen LogP) is 5.64. The fourth-order valence-corrected chi connectivity index (χ4v) is 10.3. The third-order valence-electron chi connectivity index (χ3n) is 12.7. The van der Waals surface area contributed by atoms with Gasteiger partial charge in [-0.2, -0.15) is 0 Å². The Morgan fingerprint density at radius 1 is 0.816 bits per heavy atom. The molecule has 38 heavy (non-hydrogen) atoms. The first-order valence-corrected chi connectivity index (χ1v) is 14.5. The number of hydrogen-bond donors (Lipinski definition) is 0. The molecular formula is C32H44O6. The Balaban J connectivity index is 1.70. The summed E-state index contributed by atoms with van der Waals surface area (Å²) in [7, 11) is 2.76. The molecule has 0 bridgehead atoms. The molecule has 0 heterocycles. The van der Waals surface area contributed by atoms with E-state index in [4.69, 9.17) is 9.47 Å². The summed E-state index contributed by atoms with van der Waals surface area (Å²) in [5.74, 6) is -1.61. The third-order valence-corrected chi connectivity index (χ3v) is 12.7. The molecule has 208 valence electrons. The van der Waals surface area contributed by atoms with Crippen LogP contribution >= 0.6 is 0 Å². The Bertz CT molecular complexity index is 1180. The average molecular weight is 525 g/mol. The van der Waals surface area contributed by atoms with Crippen LogP contribution in [0.4, 0.5) is 0 Å². The van der Waals surface area contributed by atoms with Crippen molar-refractivity contribution in [3.63, 3.8) is 0 Å². The summed E-state index contributed by atoms with van der Waals surface area (Å²) in [5, 5.41) is 0. The molecule has 5 aliphatic carbocycles. The number of ether oxygens (including phenoxy) is 2. The molecule has 0 radical (unpaired) electrons. The predicted molar refractivity (Wildman–Crippen MR) is 143 cm³/mol. The Morgan fingerprint density at radius 3 is 1.92 bits per heavy atom. The van der Waals surface area contributed by atoms with E-state index in [1.54, 1.807) is 6.08 Å². The molecule has 0 amide bonds. The van der Waals surface area contributed by atoms with Gasteiger partial charge in [-0.15, -0.1) is 0 Å². The summed E-state index contributed by atoms with van der Waals surface area (Å²) in [5.41, 5.74) is -0.632. The van der Waals surface area contributed by atoms with Crippen LogP contribution in [-0.4, -0.2) is 37.7 Å². The van der Waals surface area contributed by atoms with Crippen LogP contribution in [0.25, 0.3) is 0 Å². The number of allylic oxidation sites excluding steroid dienone is 4. The maximum Gasteiger partial charge on any atom is 0.320 e. The molecule has 0 aromatic heterocycles. The fraction of sp³-hybridized carbons (Fsp3) is 0.750.